The number of amides is 1. The van der Waals surface area contributed by atoms with Crippen LogP contribution in [0, 0.1) is 0 Å². The highest BCUT2D eigenvalue weighted by Gasteiger charge is 2.22. The second-order valence-corrected chi connectivity index (χ2v) is 3.98. The smallest absolute Gasteiger partial charge is 0.357 e. The van der Waals surface area contributed by atoms with Crippen molar-refractivity contribution in [3.05, 3.63) is 22.8 Å². The van der Waals surface area contributed by atoms with E-state index in [1.807, 2.05) is 0 Å². The van der Waals surface area contributed by atoms with Crippen LogP contribution in [0.3, 0.4) is 0 Å². The van der Waals surface area contributed by atoms with E-state index in [1.165, 1.54) is 7.11 Å². The van der Waals surface area contributed by atoms with Crippen LogP contribution in [-0.4, -0.2) is 35.5 Å². The van der Waals surface area contributed by atoms with Gasteiger partial charge in [0.15, 0.2) is 5.69 Å². The number of nitrogens with zero attached hydrogens (tertiary/aromatic N) is 2. The second kappa shape index (κ2) is 5.09. The summed E-state index contributed by atoms with van der Waals surface area (Å²) >= 11 is 0. The Labute approximate surface area is 104 Å². The average Bonchev–Trinajstić information content (AvgIpc) is 2.36. The summed E-state index contributed by atoms with van der Waals surface area (Å²) in [6.07, 6.45) is 0.577. The highest BCUT2D eigenvalue weighted by atomic mass is 16.5. The van der Waals surface area contributed by atoms with E-state index in [9.17, 15) is 9.59 Å². The molecule has 0 aromatic carbocycles. The standard InChI is InChI=1S/C11H14N4O3/c1-18-11(17)10-6-2-3-13-5-7(6)14-9(15-10)4-8(12)16/h13H,2-5H2,1H3,(H2,12,16). The first-order valence-corrected chi connectivity index (χ1v) is 5.58. The summed E-state index contributed by atoms with van der Waals surface area (Å²) in [6, 6.07) is 0. The molecule has 0 saturated carbocycles. The minimum Gasteiger partial charge on any atom is -0.464 e. The maximum absolute atomic E-state index is 11.7. The fourth-order valence-electron chi connectivity index (χ4n) is 1.91. The zero-order valence-corrected chi connectivity index (χ0v) is 10.0. The van der Waals surface area contributed by atoms with Gasteiger partial charge < -0.3 is 15.8 Å². The third-order valence-electron chi connectivity index (χ3n) is 2.69. The summed E-state index contributed by atoms with van der Waals surface area (Å²) in [5.41, 5.74) is 6.86. The lowest BCUT2D eigenvalue weighted by Gasteiger charge is -2.18. The average molecular weight is 250 g/mol. The zero-order chi connectivity index (χ0) is 13.1. The monoisotopic (exact) mass is 250 g/mol. The molecule has 1 aliphatic rings. The third kappa shape index (κ3) is 2.45. The minimum absolute atomic E-state index is 0.0860. The lowest BCUT2D eigenvalue weighted by molar-refractivity contribution is -0.117. The third-order valence-corrected chi connectivity index (χ3v) is 2.69. The molecule has 1 amide bonds. The Kier molecular flexibility index (Phi) is 3.52. The number of carbonyl (C=O) groups excluding carboxylic acids is 2. The number of fused-ring (bicyclic) bond motifs is 1. The van der Waals surface area contributed by atoms with Crippen LogP contribution in [0.25, 0.3) is 0 Å². The molecule has 7 nitrogen and oxygen atoms in total. The second-order valence-electron chi connectivity index (χ2n) is 3.98. The molecular formula is C11H14N4O3. The van der Waals surface area contributed by atoms with Crippen LogP contribution in [0.4, 0.5) is 0 Å². The Bertz CT molecular complexity index is 501. The van der Waals surface area contributed by atoms with Gasteiger partial charge in [0, 0.05) is 12.1 Å². The zero-order valence-electron chi connectivity index (χ0n) is 10.0. The van der Waals surface area contributed by atoms with E-state index < -0.39 is 11.9 Å². The Morgan fingerprint density at radius 1 is 1.44 bits per heavy atom. The molecule has 3 N–H and O–H groups in total. The van der Waals surface area contributed by atoms with Crippen LogP contribution in [-0.2, 0) is 28.9 Å². The van der Waals surface area contributed by atoms with E-state index in [-0.39, 0.29) is 17.9 Å². The SMILES string of the molecule is COC(=O)c1nc(CC(N)=O)nc2c1CCNC2. The Morgan fingerprint density at radius 3 is 2.89 bits per heavy atom. The van der Waals surface area contributed by atoms with Crippen molar-refractivity contribution in [3.63, 3.8) is 0 Å². The Balaban J connectivity index is 2.47. The lowest BCUT2D eigenvalue weighted by atomic mass is 10.0. The van der Waals surface area contributed by atoms with Gasteiger partial charge in [0.1, 0.15) is 5.82 Å². The summed E-state index contributed by atoms with van der Waals surface area (Å²) < 4.78 is 4.70. The molecule has 0 atom stereocenters. The van der Waals surface area contributed by atoms with E-state index in [0.717, 1.165) is 17.8 Å². The normalized spacial score (nSPS) is 13.8. The van der Waals surface area contributed by atoms with Crippen molar-refractivity contribution in [1.82, 2.24) is 15.3 Å². The molecule has 1 aromatic heterocycles. The predicted octanol–water partition coefficient (Wildman–Crippen LogP) is -1.06. The van der Waals surface area contributed by atoms with Crippen molar-refractivity contribution in [1.29, 1.82) is 0 Å². The van der Waals surface area contributed by atoms with Crippen molar-refractivity contribution in [2.75, 3.05) is 13.7 Å². The van der Waals surface area contributed by atoms with Crippen LogP contribution in [0.5, 0.6) is 0 Å². The molecule has 0 bridgehead atoms. The van der Waals surface area contributed by atoms with E-state index in [4.69, 9.17) is 10.5 Å². The number of hydrogen-bond acceptors (Lipinski definition) is 6. The molecule has 0 saturated heterocycles. The van der Waals surface area contributed by atoms with Crippen LogP contribution in [0.15, 0.2) is 0 Å². The largest absolute Gasteiger partial charge is 0.464 e. The Morgan fingerprint density at radius 2 is 2.22 bits per heavy atom. The van der Waals surface area contributed by atoms with Gasteiger partial charge in [-0.3, -0.25) is 4.79 Å². The lowest BCUT2D eigenvalue weighted by Crippen LogP contribution is -2.29. The summed E-state index contributed by atoms with van der Waals surface area (Å²) in [5.74, 6) is -0.791. The number of esters is 1. The molecule has 96 valence electrons. The van der Waals surface area contributed by atoms with Crippen molar-refractivity contribution in [2.45, 2.75) is 19.4 Å². The summed E-state index contributed by atoms with van der Waals surface area (Å²) in [5, 5.41) is 3.15. The van der Waals surface area contributed by atoms with E-state index in [0.29, 0.717) is 13.0 Å². The van der Waals surface area contributed by atoms with Crippen molar-refractivity contribution in [2.24, 2.45) is 5.73 Å². The summed E-state index contributed by atoms with van der Waals surface area (Å²) in [7, 11) is 1.30. The fourth-order valence-corrected chi connectivity index (χ4v) is 1.91. The molecule has 2 rings (SSSR count). The number of ether oxygens (including phenoxy) is 1. The quantitative estimate of drug-likeness (QED) is 0.662. The van der Waals surface area contributed by atoms with Crippen molar-refractivity contribution < 1.29 is 14.3 Å². The maximum Gasteiger partial charge on any atom is 0.357 e. The number of nitrogens with two attached hydrogens (primary N) is 1. The van der Waals surface area contributed by atoms with Crippen molar-refractivity contribution >= 4 is 11.9 Å². The highest BCUT2D eigenvalue weighted by molar-refractivity contribution is 5.89. The van der Waals surface area contributed by atoms with Gasteiger partial charge in [-0.1, -0.05) is 0 Å². The molecule has 0 fully saturated rings. The van der Waals surface area contributed by atoms with Gasteiger partial charge in [0.2, 0.25) is 5.91 Å². The van der Waals surface area contributed by atoms with Gasteiger partial charge >= 0.3 is 5.97 Å². The number of rotatable bonds is 3. The molecule has 0 radical (unpaired) electrons. The molecule has 7 heteroatoms. The molecule has 0 aliphatic carbocycles. The Hall–Kier alpha value is -2.02. The van der Waals surface area contributed by atoms with Gasteiger partial charge in [-0.25, -0.2) is 14.8 Å². The van der Waals surface area contributed by atoms with Crippen molar-refractivity contribution in [3.8, 4) is 0 Å². The summed E-state index contributed by atoms with van der Waals surface area (Å²) in [6.45, 7) is 1.31. The van der Waals surface area contributed by atoms with Gasteiger partial charge in [-0.15, -0.1) is 0 Å². The van der Waals surface area contributed by atoms with Gasteiger partial charge in [0.05, 0.1) is 19.2 Å². The molecule has 1 aromatic rings. The van der Waals surface area contributed by atoms with Gasteiger partial charge in [-0.05, 0) is 13.0 Å². The molecule has 18 heavy (non-hydrogen) atoms. The molecule has 0 spiro atoms. The number of methoxy groups -OCH3 is 1. The fraction of sp³-hybridized carbons (Fsp3) is 0.455. The van der Waals surface area contributed by atoms with Gasteiger partial charge in [0.25, 0.3) is 0 Å². The first kappa shape index (κ1) is 12.4. The number of carbonyl (C=O) groups is 2. The number of aromatic nitrogens is 2. The predicted molar refractivity (Wildman–Crippen MR) is 61.7 cm³/mol. The number of primary amides is 1. The van der Waals surface area contributed by atoms with Crippen LogP contribution in [0.1, 0.15) is 27.6 Å². The number of hydrogen-bond donors (Lipinski definition) is 2. The van der Waals surface area contributed by atoms with Crippen LogP contribution >= 0.6 is 0 Å². The topological polar surface area (TPSA) is 107 Å². The van der Waals surface area contributed by atoms with Crippen LogP contribution in [0.2, 0.25) is 0 Å². The first-order valence-electron chi connectivity index (χ1n) is 5.58. The highest BCUT2D eigenvalue weighted by Crippen LogP contribution is 2.16. The molecule has 2 heterocycles. The molecule has 0 unspecified atom stereocenters. The summed E-state index contributed by atoms with van der Waals surface area (Å²) in [4.78, 5) is 30.9. The minimum atomic E-state index is -0.533. The maximum atomic E-state index is 11.7. The van der Waals surface area contributed by atoms with E-state index >= 15 is 0 Å². The van der Waals surface area contributed by atoms with Gasteiger partial charge in [-0.2, -0.15) is 0 Å². The molecular weight excluding hydrogens is 236 g/mol. The van der Waals surface area contributed by atoms with E-state index in [2.05, 4.69) is 15.3 Å². The molecule has 1 aliphatic heterocycles. The first-order chi connectivity index (χ1) is 8.61. The van der Waals surface area contributed by atoms with E-state index in [1.54, 1.807) is 0 Å². The van der Waals surface area contributed by atoms with Crippen LogP contribution < -0.4 is 11.1 Å². The number of nitrogens with one attached hydrogen (secondary N) is 1.